The van der Waals surface area contributed by atoms with E-state index in [0.29, 0.717) is 0 Å². The lowest BCUT2D eigenvalue weighted by atomic mass is 10.2. The van der Waals surface area contributed by atoms with Crippen molar-refractivity contribution in [3.8, 4) is 0 Å². The van der Waals surface area contributed by atoms with Gasteiger partial charge in [0.1, 0.15) is 23.8 Å². The van der Waals surface area contributed by atoms with E-state index in [1.807, 2.05) is 24.3 Å². The fourth-order valence-electron chi connectivity index (χ4n) is 3.17. The molecule has 0 spiro atoms. The SMILES string of the molecule is c1ccc2c(NCCc3nnc4n3CCCCC4)ncnc2c1. The van der Waals surface area contributed by atoms with E-state index in [1.165, 1.54) is 19.3 Å². The highest BCUT2D eigenvalue weighted by molar-refractivity contribution is 5.88. The van der Waals surface area contributed by atoms with Crippen LogP contribution in [0.1, 0.15) is 30.9 Å². The third-order valence-corrected chi connectivity index (χ3v) is 4.37. The first-order chi connectivity index (χ1) is 11.4. The van der Waals surface area contributed by atoms with Crippen LogP contribution in [0.3, 0.4) is 0 Å². The van der Waals surface area contributed by atoms with Gasteiger partial charge in [-0.15, -0.1) is 10.2 Å². The first kappa shape index (κ1) is 14.1. The largest absolute Gasteiger partial charge is 0.369 e. The summed E-state index contributed by atoms with van der Waals surface area (Å²) in [6, 6.07) is 8.04. The van der Waals surface area contributed by atoms with Crippen LogP contribution in [-0.4, -0.2) is 31.3 Å². The molecule has 0 atom stereocenters. The number of fused-ring (bicyclic) bond motifs is 2. The minimum atomic E-state index is 0.791. The minimum Gasteiger partial charge on any atom is -0.369 e. The summed E-state index contributed by atoms with van der Waals surface area (Å²) < 4.78 is 2.30. The first-order valence-corrected chi connectivity index (χ1v) is 8.26. The quantitative estimate of drug-likeness (QED) is 0.802. The Morgan fingerprint density at radius 3 is 3.00 bits per heavy atom. The molecule has 6 heteroatoms. The summed E-state index contributed by atoms with van der Waals surface area (Å²) >= 11 is 0. The molecule has 0 aliphatic carbocycles. The number of benzene rings is 1. The fourth-order valence-corrected chi connectivity index (χ4v) is 3.17. The Morgan fingerprint density at radius 1 is 1.04 bits per heavy atom. The van der Waals surface area contributed by atoms with Crippen LogP contribution in [0.25, 0.3) is 10.9 Å². The summed E-state index contributed by atoms with van der Waals surface area (Å²) in [6.07, 6.45) is 7.25. The third kappa shape index (κ3) is 2.88. The first-order valence-electron chi connectivity index (χ1n) is 8.26. The highest BCUT2D eigenvalue weighted by atomic mass is 15.3. The number of nitrogens with one attached hydrogen (secondary N) is 1. The van der Waals surface area contributed by atoms with E-state index in [2.05, 4.69) is 30.0 Å². The van der Waals surface area contributed by atoms with Crippen molar-refractivity contribution in [2.24, 2.45) is 0 Å². The van der Waals surface area contributed by atoms with Crippen LogP contribution < -0.4 is 5.32 Å². The topological polar surface area (TPSA) is 68.5 Å². The van der Waals surface area contributed by atoms with Crippen molar-refractivity contribution in [3.05, 3.63) is 42.2 Å². The Morgan fingerprint density at radius 2 is 2.00 bits per heavy atom. The van der Waals surface area contributed by atoms with Gasteiger partial charge in [-0.3, -0.25) is 0 Å². The Balaban J connectivity index is 1.47. The van der Waals surface area contributed by atoms with Crippen molar-refractivity contribution in [1.29, 1.82) is 0 Å². The second-order valence-corrected chi connectivity index (χ2v) is 5.91. The van der Waals surface area contributed by atoms with Crippen LogP contribution in [0.4, 0.5) is 5.82 Å². The van der Waals surface area contributed by atoms with Gasteiger partial charge in [0.2, 0.25) is 0 Å². The predicted octanol–water partition coefficient (Wildman–Crippen LogP) is 2.60. The Hall–Kier alpha value is -2.50. The average Bonchev–Trinajstić information content (AvgIpc) is 2.82. The van der Waals surface area contributed by atoms with Crippen LogP contribution in [0.2, 0.25) is 0 Å². The average molecular weight is 308 g/mol. The molecular formula is C17H20N6. The normalized spacial score (nSPS) is 14.4. The number of hydrogen-bond acceptors (Lipinski definition) is 5. The maximum Gasteiger partial charge on any atom is 0.137 e. The van der Waals surface area contributed by atoms with E-state index in [1.54, 1.807) is 6.33 Å². The lowest BCUT2D eigenvalue weighted by Crippen LogP contribution is -2.12. The fraction of sp³-hybridized carbons (Fsp3) is 0.412. The Kier molecular flexibility index (Phi) is 3.88. The maximum atomic E-state index is 4.37. The highest BCUT2D eigenvalue weighted by Gasteiger charge is 2.14. The van der Waals surface area contributed by atoms with Crippen LogP contribution in [0.5, 0.6) is 0 Å². The van der Waals surface area contributed by atoms with Crippen molar-refractivity contribution in [2.75, 3.05) is 11.9 Å². The molecule has 1 aromatic carbocycles. The molecule has 0 saturated heterocycles. The number of hydrogen-bond donors (Lipinski definition) is 1. The van der Waals surface area contributed by atoms with Crippen molar-refractivity contribution < 1.29 is 0 Å². The molecule has 0 fully saturated rings. The molecule has 0 amide bonds. The third-order valence-electron chi connectivity index (χ3n) is 4.37. The molecule has 0 radical (unpaired) electrons. The summed E-state index contributed by atoms with van der Waals surface area (Å²) in [4.78, 5) is 8.65. The van der Waals surface area contributed by atoms with Gasteiger partial charge in [0.15, 0.2) is 0 Å². The number of nitrogens with zero attached hydrogens (tertiary/aromatic N) is 5. The molecule has 0 bridgehead atoms. The standard InChI is InChI=1S/C17H20N6/c1-2-8-15-21-22-16(23(15)11-5-1)9-10-18-17-13-6-3-4-7-14(13)19-12-20-17/h3-4,6-7,12H,1-2,5,8-11H2,(H,18,19,20). The van der Waals surface area contributed by atoms with Crippen molar-refractivity contribution in [2.45, 2.75) is 38.6 Å². The molecule has 3 heterocycles. The molecule has 0 saturated carbocycles. The molecule has 3 aromatic rings. The zero-order chi connectivity index (χ0) is 15.5. The molecule has 2 aromatic heterocycles. The second-order valence-electron chi connectivity index (χ2n) is 5.91. The molecule has 1 N–H and O–H groups in total. The van der Waals surface area contributed by atoms with Crippen LogP contribution >= 0.6 is 0 Å². The van der Waals surface area contributed by atoms with Crippen molar-refractivity contribution in [1.82, 2.24) is 24.7 Å². The molecule has 23 heavy (non-hydrogen) atoms. The van der Waals surface area contributed by atoms with Crippen molar-refractivity contribution >= 4 is 16.7 Å². The Labute approximate surface area is 135 Å². The van der Waals surface area contributed by atoms with E-state index >= 15 is 0 Å². The molecule has 4 rings (SSSR count). The monoisotopic (exact) mass is 308 g/mol. The van der Waals surface area contributed by atoms with Gasteiger partial charge in [0, 0.05) is 31.3 Å². The van der Waals surface area contributed by atoms with Gasteiger partial charge in [0.25, 0.3) is 0 Å². The molecule has 1 aliphatic heterocycles. The maximum absolute atomic E-state index is 4.37. The van der Waals surface area contributed by atoms with E-state index in [0.717, 1.165) is 54.3 Å². The zero-order valence-corrected chi connectivity index (χ0v) is 13.1. The van der Waals surface area contributed by atoms with Gasteiger partial charge in [0.05, 0.1) is 5.52 Å². The van der Waals surface area contributed by atoms with Gasteiger partial charge in [-0.2, -0.15) is 0 Å². The number of anilines is 1. The molecule has 6 nitrogen and oxygen atoms in total. The van der Waals surface area contributed by atoms with Crippen LogP contribution in [0, 0.1) is 0 Å². The van der Waals surface area contributed by atoms with Crippen LogP contribution in [-0.2, 0) is 19.4 Å². The van der Waals surface area contributed by atoms with E-state index in [4.69, 9.17) is 0 Å². The molecule has 0 unspecified atom stereocenters. The molecule has 118 valence electrons. The van der Waals surface area contributed by atoms with Gasteiger partial charge >= 0.3 is 0 Å². The smallest absolute Gasteiger partial charge is 0.137 e. The van der Waals surface area contributed by atoms with Crippen molar-refractivity contribution in [3.63, 3.8) is 0 Å². The van der Waals surface area contributed by atoms with E-state index < -0.39 is 0 Å². The summed E-state index contributed by atoms with van der Waals surface area (Å²) in [5, 5.41) is 13.2. The van der Waals surface area contributed by atoms with Crippen LogP contribution in [0.15, 0.2) is 30.6 Å². The van der Waals surface area contributed by atoms with E-state index in [9.17, 15) is 0 Å². The summed E-state index contributed by atoms with van der Waals surface area (Å²) in [6.45, 7) is 1.84. The van der Waals surface area contributed by atoms with E-state index in [-0.39, 0.29) is 0 Å². The van der Waals surface area contributed by atoms with Gasteiger partial charge in [-0.1, -0.05) is 18.6 Å². The molecular weight excluding hydrogens is 288 g/mol. The second kappa shape index (κ2) is 6.32. The number of aromatic nitrogens is 5. The summed E-state index contributed by atoms with van der Waals surface area (Å²) in [7, 11) is 0. The Bertz CT molecular complexity index is 804. The lowest BCUT2D eigenvalue weighted by Gasteiger charge is -2.09. The minimum absolute atomic E-state index is 0.791. The lowest BCUT2D eigenvalue weighted by molar-refractivity contribution is 0.606. The number of para-hydroxylation sites is 1. The van der Waals surface area contributed by atoms with Gasteiger partial charge in [-0.05, 0) is 25.0 Å². The summed E-state index contributed by atoms with van der Waals surface area (Å²) in [5.74, 6) is 3.10. The summed E-state index contributed by atoms with van der Waals surface area (Å²) in [5.41, 5.74) is 0.960. The molecule has 1 aliphatic rings. The highest BCUT2D eigenvalue weighted by Crippen LogP contribution is 2.19. The van der Waals surface area contributed by atoms with Gasteiger partial charge < -0.3 is 9.88 Å². The number of aryl methyl sites for hydroxylation is 1. The number of rotatable bonds is 4. The predicted molar refractivity (Wildman–Crippen MR) is 89.3 cm³/mol. The zero-order valence-electron chi connectivity index (χ0n) is 13.1. The van der Waals surface area contributed by atoms with Gasteiger partial charge in [-0.25, -0.2) is 9.97 Å².